The number of aryl methyl sites for hydroxylation is 4. The fourth-order valence-corrected chi connectivity index (χ4v) is 7.21. The molecule has 4 aromatic rings. The molecule has 12 heteroatoms. The highest BCUT2D eigenvalue weighted by Gasteiger charge is 2.31. The van der Waals surface area contributed by atoms with E-state index in [1.54, 1.807) is 51.7 Å². The van der Waals surface area contributed by atoms with Crippen molar-refractivity contribution in [2.45, 2.75) is 97.2 Å². The van der Waals surface area contributed by atoms with Crippen molar-refractivity contribution in [3.8, 4) is 0 Å². The number of methoxy groups -OCH3 is 1. The lowest BCUT2D eigenvalue weighted by Gasteiger charge is -2.35. The highest BCUT2D eigenvalue weighted by molar-refractivity contribution is 6.03. The van der Waals surface area contributed by atoms with Crippen molar-refractivity contribution in [3.63, 3.8) is 0 Å². The molecule has 1 saturated heterocycles. The average Bonchev–Trinajstić information content (AvgIpc) is 3.62. The molecule has 1 aliphatic heterocycles. The number of para-hydroxylation sites is 1. The van der Waals surface area contributed by atoms with Gasteiger partial charge in [-0.3, -0.25) is 14.3 Å². The van der Waals surface area contributed by atoms with E-state index < -0.39 is 17.7 Å². The Bertz CT molecular complexity index is 1880. The van der Waals surface area contributed by atoms with Crippen LogP contribution in [0.25, 0.3) is 10.9 Å². The Morgan fingerprint density at radius 1 is 1.12 bits per heavy atom. The number of nitrogens with one attached hydrogen (secondary N) is 2. The summed E-state index contributed by atoms with van der Waals surface area (Å²) in [5.41, 5.74) is 4.82. The number of piperidine rings is 1. The Morgan fingerprint density at radius 3 is 2.54 bits per heavy atom. The van der Waals surface area contributed by atoms with Crippen LogP contribution in [0.2, 0.25) is 0 Å². The summed E-state index contributed by atoms with van der Waals surface area (Å²) < 4.78 is 29.8. The van der Waals surface area contributed by atoms with Crippen LogP contribution in [0.4, 0.5) is 14.9 Å². The molecule has 3 heterocycles. The third kappa shape index (κ3) is 9.39. The maximum Gasteiger partial charge on any atom is 0.407 e. The van der Waals surface area contributed by atoms with Crippen molar-refractivity contribution in [1.29, 1.82) is 0 Å². The first-order valence-corrected chi connectivity index (χ1v) is 18.2. The predicted octanol–water partition coefficient (Wildman–Crippen LogP) is 6.91. The first kappa shape index (κ1) is 38.5. The lowest BCUT2D eigenvalue weighted by Crippen LogP contribution is -2.46. The summed E-state index contributed by atoms with van der Waals surface area (Å²) in [6, 6.07) is 13.8. The molecule has 1 aliphatic rings. The fraction of sp³-hybridized carbons (Fsp3) is 0.500. The number of anilines is 1. The fourth-order valence-electron chi connectivity index (χ4n) is 7.21. The maximum atomic E-state index is 15.2. The van der Waals surface area contributed by atoms with Gasteiger partial charge in [0.2, 0.25) is 5.91 Å². The number of nitrogens with zero attached hydrogens (tertiary/aromatic N) is 4. The number of amides is 3. The second-order valence-electron chi connectivity index (χ2n) is 14.7. The van der Waals surface area contributed by atoms with Crippen molar-refractivity contribution in [1.82, 2.24) is 24.6 Å². The van der Waals surface area contributed by atoms with E-state index in [0.29, 0.717) is 49.6 Å². The van der Waals surface area contributed by atoms with Crippen molar-refractivity contribution in [2.24, 2.45) is 7.05 Å². The van der Waals surface area contributed by atoms with Crippen LogP contribution in [0.15, 0.2) is 48.5 Å². The van der Waals surface area contributed by atoms with E-state index in [2.05, 4.69) is 20.3 Å². The van der Waals surface area contributed by atoms with Crippen molar-refractivity contribution < 1.29 is 28.2 Å². The molecule has 2 atom stereocenters. The molecule has 2 aromatic carbocycles. The second kappa shape index (κ2) is 16.8. The lowest BCUT2D eigenvalue weighted by molar-refractivity contribution is -0.132. The molecule has 0 saturated carbocycles. The number of ether oxygens (including phenoxy) is 2. The van der Waals surface area contributed by atoms with Crippen LogP contribution in [0.3, 0.4) is 0 Å². The highest BCUT2D eigenvalue weighted by Crippen LogP contribution is 2.37. The zero-order valence-corrected chi connectivity index (χ0v) is 31.6. The van der Waals surface area contributed by atoms with Crippen molar-refractivity contribution in [2.75, 3.05) is 32.1 Å². The molecule has 3 amide bonds. The molecule has 2 unspecified atom stereocenters. The van der Waals surface area contributed by atoms with Gasteiger partial charge in [-0.1, -0.05) is 31.2 Å². The van der Waals surface area contributed by atoms with Gasteiger partial charge in [-0.05, 0) is 95.2 Å². The van der Waals surface area contributed by atoms with Crippen LogP contribution in [0.5, 0.6) is 0 Å². The Hall–Kier alpha value is -4.71. The number of hydrogen-bond donors (Lipinski definition) is 2. The predicted molar refractivity (Wildman–Crippen MR) is 200 cm³/mol. The number of carbonyl (C=O) groups is 3. The monoisotopic (exact) mass is 716 g/mol. The van der Waals surface area contributed by atoms with Gasteiger partial charge in [-0.15, -0.1) is 0 Å². The third-order valence-electron chi connectivity index (χ3n) is 9.59. The summed E-state index contributed by atoms with van der Waals surface area (Å²) in [5.74, 6) is -0.540. The van der Waals surface area contributed by atoms with Crippen LogP contribution < -0.4 is 10.6 Å². The number of rotatable bonds is 13. The van der Waals surface area contributed by atoms with Gasteiger partial charge < -0.3 is 29.6 Å². The Balaban J connectivity index is 1.31. The lowest BCUT2D eigenvalue weighted by atomic mass is 9.91. The first-order chi connectivity index (χ1) is 24.8. The van der Waals surface area contributed by atoms with Crippen LogP contribution in [-0.2, 0) is 40.7 Å². The van der Waals surface area contributed by atoms with E-state index in [4.69, 9.17) is 9.47 Å². The van der Waals surface area contributed by atoms with Gasteiger partial charge in [0, 0.05) is 75.5 Å². The topological polar surface area (TPSA) is 120 Å². The normalized spacial score (nSPS) is 15.5. The number of alkyl carbamates (subject to hydrolysis) is 1. The summed E-state index contributed by atoms with van der Waals surface area (Å²) >= 11 is 0. The quantitative estimate of drug-likeness (QED) is 0.145. The van der Waals surface area contributed by atoms with Crippen LogP contribution in [0.1, 0.15) is 92.3 Å². The van der Waals surface area contributed by atoms with Crippen molar-refractivity contribution >= 4 is 34.5 Å². The Labute approximate surface area is 305 Å². The zero-order valence-electron chi connectivity index (χ0n) is 31.6. The van der Waals surface area contributed by atoms with E-state index in [9.17, 15) is 14.4 Å². The molecule has 5 rings (SSSR count). The van der Waals surface area contributed by atoms with Gasteiger partial charge in [-0.25, -0.2) is 9.18 Å². The van der Waals surface area contributed by atoms with Crippen molar-refractivity contribution in [3.05, 3.63) is 82.6 Å². The minimum atomic E-state index is -0.705. The van der Waals surface area contributed by atoms with Gasteiger partial charge in [0.25, 0.3) is 5.91 Å². The largest absolute Gasteiger partial charge is 0.444 e. The molecule has 11 nitrogen and oxygen atoms in total. The molecular formula is C40H53FN6O5. The molecule has 0 aliphatic carbocycles. The van der Waals surface area contributed by atoms with Gasteiger partial charge in [0.1, 0.15) is 17.1 Å². The molecular weight excluding hydrogens is 663 g/mol. The number of carbonyl (C=O) groups excluding carboxylic acids is 3. The molecule has 280 valence electrons. The van der Waals surface area contributed by atoms with E-state index in [1.807, 2.05) is 49.1 Å². The number of halogens is 1. The van der Waals surface area contributed by atoms with E-state index >= 15 is 4.39 Å². The Morgan fingerprint density at radius 2 is 1.87 bits per heavy atom. The molecule has 2 N–H and O–H groups in total. The summed E-state index contributed by atoms with van der Waals surface area (Å²) in [7, 11) is 3.41. The SMILES string of the molecule is CCc1cc(C(=O)Nc2ccc(CC(CC(=O)N3CCCC(c4c(C)c5cccc(F)c5n4CCCOC)C3)NC(=O)OC(C)(C)C)cc2)n(C)n1. The number of fused-ring (bicyclic) bond motifs is 1. The summed E-state index contributed by atoms with van der Waals surface area (Å²) in [6.07, 6.45) is 3.04. The summed E-state index contributed by atoms with van der Waals surface area (Å²) in [4.78, 5) is 41.7. The van der Waals surface area contributed by atoms with E-state index in [-0.39, 0.29) is 30.0 Å². The third-order valence-corrected chi connectivity index (χ3v) is 9.59. The number of hydrogen-bond acceptors (Lipinski definition) is 6. The van der Waals surface area contributed by atoms with Gasteiger partial charge in [0.05, 0.1) is 11.2 Å². The standard InChI is InChI=1S/C40H53FN6O5/c1-8-29-23-34(45(6)44-29)38(49)42-30-17-15-27(16-18-30)22-31(43-39(50)52-40(3,4)5)24-35(48)46-19-10-12-28(25-46)36-26(2)32-13-9-14-33(41)37(32)47(36)20-11-21-51-7/h9,13-18,23,28,31H,8,10-12,19-22,24-25H2,1-7H3,(H,42,49)(H,43,50). The summed E-state index contributed by atoms with van der Waals surface area (Å²) in [6.45, 7) is 11.7. The second-order valence-corrected chi connectivity index (χ2v) is 14.7. The number of benzene rings is 2. The number of aromatic nitrogens is 3. The van der Waals surface area contributed by atoms with Gasteiger partial charge in [0.15, 0.2) is 0 Å². The molecule has 52 heavy (non-hydrogen) atoms. The van der Waals surface area contributed by atoms with E-state index in [1.165, 1.54) is 6.07 Å². The first-order valence-electron chi connectivity index (χ1n) is 18.2. The highest BCUT2D eigenvalue weighted by atomic mass is 19.1. The van der Waals surface area contributed by atoms with Gasteiger partial charge >= 0.3 is 6.09 Å². The minimum absolute atomic E-state index is 0.0342. The summed E-state index contributed by atoms with van der Waals surface area (Å²) in [5, 5.41) is 11.1. The molecule has 0 radical (unpaired) electrons. The zero-order chi connectivity index (χ0) is 37.6. The van der Waals surface area contributed by atoms with Crippen LogP contribution in [-0.4, -0.2) is 75.6 Å². The van der Waals surface area contributed by atoms with Crippen LogP contribution in [0, 0.1) is 12.7 Å². The number of likely N-dealkylation sites (tertiary alicyclic amines) is 1. The molecule has 0 bridgehead atoms. The minimum Gasteiger partial charge on any atom is -0.444 e. The maximum absolute atomic E-state index is 15.2. The Kier molecular flexibility index (Phi) is 12.4. The van der Waals surface area contributed by atoms with E-state index in [0.717, 1.165) is 53.6 Å². The smallest absolute Gasteiger partial charge is 0.407 e. The van der Waals surface area contributed by atoms with Gasteiger partial charge in [-0.2, -0.15) is 5.10 Å². The van der Waals surface area contributed by atoms with Crippen LogP contribution >= 0.6 is 0 Å². The molecule has 0 spiro atoms. The average molecular weight is 717 g/mol. The molecule has 1 fully saturated rings. The molecule has 2 aromatic heterocycles.